The van der Waals surface area contributed by atoms with Crippen LogP contribution in [-0.2, 0) is 27.4 Å². The number of Topliss-reactive ketones (excluding diaryl/α,β-unsaturated/α-hetero) is 1. The Morgan fingerprint density at radius 3 is 2.41 bits per heavy atom. The first-order valence-corrected chi connectivity index (χ1v) is 11.1. The molecule has 166 valence electrons. The van der Waals surface area contributed by atoms with Crippen LogP contribution in [-0.4, -0.2) is 18.9 Å². The largest absolute Gasteiger partial charge is 0.497 e. The quantitative estimate of drug-likeness (QED) is 0.664. The molecule has 0 spiro atoms. The number of ketones is 1. The molecule has 5 nitrogen and oxygen atoms in total. The molecule has 1 N–H and O–H groups in total. The van der Waals surface area contributed by atoms with Crippen LogP contribution in [0, 0.1) is 5.92 Å². The van der Waals surface area contributed by atoms with Crippen molar-refractivity contribution in [1.82, 2.24) is 5.32 Å². The van der Waals surface area contributed by atoms with Gasteiger partial charge in [0.05, 0.1) is 7.11 Å². The van der Waals surface area contributed by atoms with Gasteiger partial charge in [-0.05, 0) is 48.1 Å². The Hall–Kier alpha value is -3.34. The SMILES string of the molecule is C=C1NC2=C(C(=O)CCC2)C(c2ccc(CC)cc2)C1C(=O)OCc1ccc(OC)cc1. The van der Waals surface area contributed by atoms with Gasteiger partial charge in [0.1, 0.15) is 18.3 Å². The first-order valence-electron chi connectivity index (χ1n) is 11.1. The fourth-order valence-corrected chi connectivity index (χ4v) is 4.56. The van der Waals surface area contributed by atoms with Crippen molar-refractivity contribution in [2.24, 2.45) is 5.92 Å². The van der Waals surface area contributed by atoms with Gasteiger partial charge in [-0.2, -0.15) is 0 Å². The molecular weight excluding hydrogens is 402 g/mol. The Bertz CT molecular complexity index is 1050. The Labute approximate surface area is 189 Å². The predicted molar refractivity (Wildman–Crippen MR) is 123 cm³/mol. The zero-order valence-electron chi connectivity index (χ0n) is 18.6. The van der Waals surface area contributed by atoms with E-state index in [1.54, 1.807) is 7.11 Å². The summed E-state index contributed by atoms with van der Waals surface area (Å²) in [5.74, 6) is -0.588. The third kappa shape index (κ3) is 4.33. The molecule has 0 saturated carbocycles. The van der Waals surface area contributed by atoms with Crippen LogP contribution in [0.15, 0.2) is 72.1 Å². The van der Waals surface area contributed by atoms with Crippen molar-refractivity contribution >= 4 is 11.8 Å². The van der Waals surface area contributed by atoms with Crippen LogP contribution in [0.3, 0.4) is 0 Å². The van der Waals surface area contributed by atoms with E-state index in [1.165, 1.54) is 5.56 Å². The summed E-state index contributed by atoms with van der Waals surface area (Å²) in [4.78, 5) is 26.3. The highest BCUT2D eigenvalue weighted by atomic mass is 16.5. The van der Waals surface area contributed by atoms with Gasteiger partial charge < -0.3 is 14.8 Å². The van der Waals surface area contributed by atoms with Crippen molar-refractivity contribution in [2.45, 2.75) is 45.1 Å². The van der Waals surface area contributed by atoms with Crippen LogP contribution in [0.4, 0.5) is 0 Å². The van der Waals surface area contributed by atoms with Crippen LogP contribution in [0.5, 0.6) is 5.75 Å². The number of carbonyl (C=O) groups excluding carboxylic acids is 2. The zero-order valence-corrected chi connectivity index (χ0v) is 18.6. The smallest absolute Gasteiger partial charge is 0.316 e. The van der Waals surface area contributed by atoms with Crippen LogP contribution < -0.4 is 10.1 Å². The minimum Gasteiger partial charge on any atom is -0.497 e. The number of rotatable bonds is 6. The minimum atomic E-state index is -0.665. The van der Waals surface area contributed by atoms with E-state index >= 15 is 0 Å². The molecule has 0 aromatic heterocycles. The van der Waals surface area contributed by atoms with Gasteiger partial charge in [-0.3, -0.25) is 9.59 Å². The maximum Gasteiger partial charge on any atom is 0.316 e. The van der Waals surface area contributed by atoms with Gasteiger partial charge >= 0.3 is 5.97 Å². The number of aryl methyl sites for hydroxylation is 1. The lowest BCUT2D eigenvalue weighted by Crippen LogP contribution is -2.41. The van der Waals surface area contributed by atoms with Crippen LogP contribution in [0.1, 0.15) is 48.8 Å². The second-order valence-electron chi connectivity index (χ2n) is 8.33. The van der Waals surface area contributed by atoms with Crippen LogP contribution in [0.25, 0.3) is 0 Å². The lowest BCUT2D eigenvalue weighted by Gasteiger charge is -2.38. The van der Waals surface area contributed by atoms with Crippen LogP contribution in [0.2, 0.25) is 0 Å². The van der Waals surface area contributed by atoms with E-state index < -0.39 is 5.92 Å². The van der Waals surface area contributed by atoms with E-state index in [0.717, 1.165) is 41.8 Å². The lowest BCUT2D eigenvalue weighted by molar-refractivity contribution is -0.149. The Morgan fingerprint density at radius 1 is 1.06 bits per heavy atom. The van der Waals surface area contributed by atoms with Crippen LogP contribution >= 0.6 is 0 Å². The van der Waals surface area contributed by atoms with E-state index in [0.29, 0.717) is 17.7 Å². The molecule has 5 heteroatoms. The summed E-state index contributed by atoms with van der Waals surface area (Å²) >= 11 is 0. The molecule has 4 rings (SSSR count). The fraction of sp³-hybridized carbons (Fsp3) is 0.333. The second-order valence-corrected chi connectivity index (χ2v) is 8.33. The molecule has 0 bridgehead atoms. The molecule has 1 aliphatic heterocycles. The molecule has 0 radical (unpaired) electrons. The van der Waals surface area contributed by atoms with Gasteiger partial charge in [-0.25, -0.2) is 0 Å². The normalized spacial score (nSPS) is 20.4. The zero-order chi connectivity index (χ0) is 22.7. The molecule has 2 aliphatic rings. The summed E-state index contributed by atoms with van der Waals surface area (Å²) in [6.45, 7) is 6.40. The van der Waals surface area contributed by atoms with Crippen molar-refractivity contribution in [3.63, 3.8) is 0 Å². The Morgan fingerprint density at radius 2 is 1.75 bits per heavy atom. The first kappa shape index (κ1) is 21.9. The maximum absolute atomic E-state index is 13.3. The Kier molecular flexibility index (Phi) is 6.45. The van der Waals surface area contributed by atoms with Gasteiger partial charge in [0.25, 0.3) is 0 Å². The van der Waals surface area contributed by atoms with Crippen molar-refractivity contribution in [1.29, 1.82) is 0 Å². The molecule has 2 aromatic carbocycles. The molecule has 32 heavy (non-hydrogen) atoms. The minimum absolute atomic E-state index is 0.101. The summed E-state index contributed by atoms with van der Waals surface area (Å²) in [6.07, 6.45) is 3.03. The summed E-state index contributed by atoms with van der Waals surface area (Å²) < 4.78 is 10.9. The summed E-state index contributed by atoms with van der Waals surface area (Å²) in [5, 5.41) is 3.26. The monoisotopic (exact) mass is 431 g/mol. The van der Waals surface area contributed by atoms with E-state index in [2.05, 4.69) is 31.0 Å². The van der Waals surface area contributed by atoms with Crippen molar-refractivity contribution in [3.8, 4) is 5.75 Å². The lowest BCUT2D eigenvalue weighted by atomic mass is 9.71. The molecular formula is C27H29NO4. The number of carbonyl (C=O) groups is 2. The topological polar surface area (TPSA) is 64.6 Å². The first-order chi connectivity index (χ1) is 15.5. The molecule has 0 fully saturated rings. The van der Waals surface area contributed by atoms with E-state index in [9.17, 15) is 9.59 Å². The Balaban J connectivity index is 1.64. The highest BCUT2D eigenvalue weighted by Crippen LogP contribution is 2.44. The number of hydrogen-bond donors (Lipinski definition) is 1. The number of hydrogen-bond acceptors (Lipinski definition) is 5. The molecule has 2 aromatic rings. The van der Waals surface area contributed by atoms with Crippen molar-refractivity contribution in [3.05, 3.63) is 88.8 Å². The van der Waals surface area contributed by atoms with Crippen molar-refractivity contribution < 1.29 is 19.1 Å². The number of esters is 1. The average molecular weight is 432 g/mol. The molecule has 1 heterocycles. The standard InChI is InChI=1S/C27H29NO4/c1-4-18-8-12-20(13-9-18)25-24(17(2)28-22-6-5-7-23(29)26(22)25)27(30)32-16-19-10-14-21(31-3)15-11-19/h8-15,24-25,28H,2,4-7,16H2,1,3H3. The van der Waals surface area contributed by atoms with Gasteiger partial charge in [-0.15, -0.1) is 0 Å². The number of benzene rings is 2. The summed E-state index contributed by atoms with van der Waals surface area (Å²) in [7, 11) is 1.61. The van der Waals surface area contributed by atoms with Crippen molar-refractivity contribution in [2.75, 3.05) is 7.11 Å². The number of methoxy groups -OCH3 is 1. The van der Waals surface area contributed by atoms with Gasteiger partial charge in [-0.1, -0.05) is 49.9 Å². The molecule has 2 atom stereocenters. The maximum atomic E-state index is 13.3. The van der Waals surface area contributed by atoms with E-state index in [4.69, 9.17) is 9.47 Å². The molecule has 2 unspecified atom stereocenters. The van der Waals surface area contributed by atoms with E-state index in [1.807, 2.05) is 36.4 Å². The third-order valence-electron chi connectivity index (χ3n) is 6.33. The second kappa shape index (κ2) is 9.43. The highest BCUT2D eigenvalue weighted by molar-refractivity contribution is 6.00. The van der Waals surface area contributed by atoms with Gasteiger partial charge in [0, 0.05) is 29.3 Å². The number of allylic oxidation sites excluding steroid dienone is 2. The molecule has 1 aliphatic carbocycles. The highest BCUT2D eigenvalue weighted by Gasteiger charge is 2.43. The van der Waals surface area contributed by atoms with Gasteiger partial charge in [0.2, 0.25) is 0 Å². The molecule has 0 amide bonds. The third-order valence-corrected chi connectivity index (χ3v) is 6.33. The van der Waals surface area contributed by atoms with Gasteiger partial charge in [0.15, 0.2) is 5.78 Å². The summed E-state index contributed by atoms with van der Waals surface area (Å²) in [5.41, 5.74) is 5.21. The number of ether oxygens (including phenoxy) is 2. The predicted octanol–water partition coefficient (Wildman–Crippen LogP) is 4.82. The number of nitrogens with one attached hydrogen (secondary N) is 1. The fourth-order valence-electron chi connectivity index (χ4n) is 4.56. The van der Waals surface area contributed by atoms with E-state index in [-0.39, 0.29) is 24.3 Å². The molecule has 0 saturated heterocycles. The summed E-state index contributed by atoms with van der Waals surface area (Å²) in [6, 6.07) is 15.6. The average Bonchev–Trinajstić information content (AvgIpc) is 2.82.